The average molecular weight is 533 g/mol. The van der Waals surface area contributed by atoms with Gasteiger partial charge in [0.2, 0.25) is 0 Å². The molecule has 1 fully saturated rings. The maximum atomic E-state index is 12.9. The number of nitrogens with one attached hydrogen (secondary N) is 1. The van der Waals surface area contributed by atoms with Crippen molar-refractivity contribution < 1.29 is 9.53 Å². The van der Waals surface area contributed by atoms with Crippen molar-refractivity contribution in [2.75, 3.05) is 6.54 Å². The second-order valence-corrected chi connectivity index (χ2v) is 11.2. The first-order valence-corrected chi connectivity index (χ1v) is 13.6. The number of carbonyl (C=O) groups is 1. The average Bonchev–Trinajstić information content (AvgIpc) is 3.62. The predicted molar refractivity (Wildman–Crippen MR) is 155 cm³/mol. The zero-order valence-electron chi connectivity index (χ0n) is 23.2. The predicted octanol–water partition coefficient (Wildman–Crippen LogP) is 7.13. The van der Waals surface area contributed by atoms with Gasteiger partial charge in [0.15, 0.2) is 5.82 Å². The van der Waals surface area contributed by atoms with Crippen LogP contribution in [-0.2, 0) is 4.74 Å². The first-order chi connectivity index (χ1) is 19.2. The molecule has 8 nitrogen and oxygen atoms in total. The number of hydrogen-bond acceptors (Lipinski definition) is 6. The Morgan fingerprint density at radius 3 is 2.62 bits per heavy atom. The molecule has 202 valence electrons. The van der Waals surface area contributed by atoms with E-state index in [4.69, 9.17) is 14.7 Å². The van der Waals surface area contributed by atoms with Gasteiger partial charge in [0.25, 0.3) is 0 Å². The summed E-state index contributed by atoms with van der Waals surface area (Å²) in [4.78, 5) is 36.9. The van der Waals surface area contributed by atoms with Gasteiger partial charge < -0.3 is 14.6 Å². The molecule has 1 unspecified atom stereocenters. The van der Waals surface area contributed by atoms with Crippen LogP contribution < -0.4 is 0 Å². The van der Waals surface area contributed by atoms with Crippen molar-refractivity contribution in [3.05, 3.63) is 84.4 Å². The number of ether oxygens (including phenoxy) is 1. The van der Waals surface area contributed by atoms with Gasteiger partial charge in [-0.25, -0.2) is 19.7 Å². The molecule has 1 saturated heterocycles. The van der Waals surface area contributed by atoms with Crippen LogP contribution in [0.3, 0.4) is 0 Å². The zero-order chi connectivity index (χ0) is 27.9. The van der Waals surface area contributed by atoms with E-state index in [1.807, 2.05) is 81.5 Å². The van der Waals surface area contributed by atoms with Gasteiger partial charge in [-0.2, -0.15) is 0 Å². The highest BCUT2D eigenvalue weighted by molar-refractivity contribution is 5.92. The maximum Gasteiger partial charge on any atom is 0.410 e. The summed E-state index contributed by atoms with van der Waals surface area (Å²) in [6, 6.07) is 18.3. The molecule has 1 N–H and O–H groups in total. The number of aryl methyl sites for hydroxylation is 1. The lowest BCUT2D eigenvalue weighted by molar-refractivity contribution is 0.0224. The molecule has 40 heavy (non-hydrogen) atoms. The molecule has 0 saturated carbocycles. The molecule has 5 heterocycles. The third kappa shape index (κ3) is 5.17. The van der Waals surface area contributed by atoms with Crippen LogP contribution in [0.15, 0.2) is 73.2 Å². The van der Waals surface area contributed by atoms with Crippen LogP contribution in [0.4, 0.5) is 4.79 Å². The summed E-state index contributed by atoms with van der Waals surface area (Å²) < 4.78 is 5.69. The fourth-order valence-electron chi connectivity index (χ4n) is 5.25. The summed E-state index contributed by atoms with van der Waals surface area (Å²) in [5.74, 6) is 0.560. The van der Waals surface area contributed by atoms with Crippen LogP contribution in [0, 0.1) is 6.92 Å². The number of pyridine rings is 2. The molecule has 1 aliphatic rings. The van der Waals surface area contributed by atoms with Crippen LogP contribution >= 0.6 is 0 Å². The van der Waals surface area contributed by atoms with Crippen molar-refractivity contribution >= 4 is 17.1 Å². The smallest absolute Gasteiger partial charge is 0.410 e. The number of likely N-dealkylation sites (tertiary alicyclic amines) is 1. The Morgan fingerprint density at radius 2 is 1.80 bits per heavy atom. The Bertz CT molecular complexity index is 1700. The van der Waals surface area contributed by atoms with Crippen LogP contribution in [0.2, 0.25) is 0 Å². The highest BCUT2D eigenvalue weighted by atomic mass is 16.6. The Labute approximate surface area is 233 Å². The van der Waals surface area contributed by atoms with E-state index in [9.17, 15) is 4.79 Å². The topological polar surface area (TPSA) is 96.9 Å². The van der Waals surface area contributed by atoms with E-state index in [1.165, 1.54) is 0 Å². The number of fused-ring (bicyclic) bond motifs is 1. The molecule has 8 heteroatoms. The van der Waals surface area contributed by atoms with E-state index in [-0.39, 0.29) is 12.1 Å². The number of aromatic nitrogens is 5. The molecule has 0 aliphatic carbocycles. The Hall–Kier alpha value is -4.59. The SMILES string of the molecule is Cc1cccc(-c2nc(-c3cncc(-c4cccc(C5CCCN5C(=O)OC(C)(C)C)c4)c3)c3cc[nH]c3n2)n1. The Kier molecular flexibility index (Phi) is 6.54. The molecule has 0 bridgehead atoms. The summed E-state index contributed by atoms with van der Waals surface area (Å²) in [5, 5.41) is 0.920. The molecule has 1 aliphatic heterocycles. The molecule has 0 spiro atoms. The van der Waals surface area contributed by atoms with Crippen LogP contribution in [0.5, 0.6) is 0 Å². The molecule has 6 rings (SSSR count). The standard InChI is InChI=1S/C32H32N6O2/c1-20-8-5-11-26(35-20)30-36-28(25-13-14-34-29(25)37-30)24-17-23(18-33-19-24)21-9-6-10-22(16-21)27-12-7-15-38(27)31(39)40-32(2,3)4/h5-6,8-11,13-14,16-19,27H,7,12,15H2,1-4H3,(H,34,36,37). The lowest BCUT2D eigenvalue weighted by atomic mass is 9.98. The summed E-state index contributed by atoms with van der Waals surface area (Å²) in [7, 11) is 0. The molecular weight excluding hydrogens is 500 g/mol. The van der Waals surface area contributed by atoms with Crippen LogP contribution in [0.1, 0.15) is 50.9 Å². The largest absolute Gasteiger partial charge is 0.444 e. The van der Waals surface area contributed by atoms with Gasteiger partial charge in [0.1, 0.15) is 16.9 Å². The molecule has 4 aromatic heterocycles. The van der Waals surface area contributed by atoms with Crippen LogP contribution in [-0.4, -0.2) is 48.1 Å². The molecule has 1 atom stereocenters. The lowest BCUT2D eigenvalue weighted by Crippen LogP contribution is -2.36. The van der Waals surface area contributed by atoms with Crippen molar-refractivity contribution in [3.63, 3.8) is 0 Å². The summed E-state index contributed by atoms with van der Waals surface area (Å²) in [6.07, 6.45) is 7.15. The van der Waals surface area contributed by atoms with Crippen LogP contribution in [0.25, 0.3) is 44.9 Å². The first-order valence-electron chi connectivity index (χ1n) is 13.6. The van der Waals surface area contributed by atoms with E-state index in [0.717, 1.165) is 63.2 Å². The molecule has 1 amide bonds. The van der Waals surface area contributed by atoms with Gasteiger partial charge in [-0.05, 0) is 82.0 Å². The number of aromatic amines is 1. The monoisotopic (exact) mass is 532 g/mol. The van der Waals surface area contributed by atoms with E-state index >= 15 is 0 Å². The number of amides is 1. The number of H-pyrrole nitrogens is 1. The van der Waals surface area contributed by atoms with E-state index in [0.29, 0.717) is 12.4 Å². The molecule has 0 radical (unpaired) electrons. The minimum Gasteiger partial charge on any atom is -0.444 e. The summed E-state index contributed by atoms with van der Waals surface area (Å²) >= 11 is 0. The van der Waals surface area contributed by atoms with Gasteiger partial charge in [-0.3, -0.25) is 4.98 Å². The highest BCUT2D eigenvalue weighted by Gasteiger charge is 2.33. The fraction of sp³-hybridized carbons (Fsp3) is 0.281. The molecule has 1 aromatic carbocycles. The van der Waals surface area contributed by atoms with Gasteiger partial charge in [0, 0.05) is 47.3 Å². The number of nitrogens with zero attached hydrogens (tertiary/aromatic N) is 5. The van der Waals surface area contributed by atoms with E-state index in [2.05, 4.69) is 39.2 Å². The van der Waals surface area contributed by atoms with Gasteiger partial charge in [0.05, 0.1) is 11.7 Å². The zero-order valence-corrected chi connectivity index (χ0v) is 23.2. The summed E-state index contributed by atoms with van der Waals surface area (Å²) in [5.41, 5.74) is 6.63. The minimum atomic E-state index is -0.528. The van der Waals surface area contributed by atoms with Gasteiger partial charge in [-0.1, -0.05) is 24.3 Å². The number of carbonyl (C=O) groups excluding carboxylic acids is 1. The second kappa shape index (κ2) is 10.2. The fourth-order valence-corrected chi connectivity index (χ4v) is 5.25. The quantitative estimate of drug-likeness (QED) is 0.264. The van der Waals surface area contributed by atoms with E-state index in [1.54, 1.807) is 0 Å². The van der Waals surface area contributed by atoms with Gasteiger partial charge >= 0.3 is 6.09 Å². The van der Waals surface area contributed by atoms with Crippen molar-refractivity contribution in [1.82, 2.24) is 29.8 Å². The summed E-state index contributed by atoms with van der Waals surface area (Å²) in [6.45, 7) is 8.35. The highest BCUT2D eigenvalue weighted by Crippen LogP contribution is 2.36. The molecule has 5 aromatic rings. The minimum absolute atomic E-state index is 0.0170. The van der Waals surface area contributed by atoms with Crippen molar-refractivity contribution in [3.8, 4) is 33.9 Å². The molecular formula is C32H32N6O2. The number of benzene rings is 1. The van der Waals surface area contributed by atoms with Crippen molar-refractivity contribution in [1.29, 1.82) is 0 Å². The lowest BCUT2D eigenvalue weighted by Gasteiger charge is -2.29. The third-order valence-electron chi connectivity index (χ3n) is 7.03. The maximum absolute atomic E-state index is 12.9. The third-order valence-corrected chi connectivity index (χ3v) is 7.03. The normalized spacial score (nSPS) is 15.5. The van der Waals surface area contributed by atoms with Gasteiger partial charge in [-0.15, -0.1) is 0 Å². The van der Waals surface area contributed by atoms with Crippen molar-refractivity contribution in [2.24, 2.45) is 0 Å². The number of hydrogen-bond donors (Lipinski definition) is 1. The van der Waals surface area contributed by atoms with E-state index < -0.39 is 5.60 Å². The first kappa shape index (κ1) is 25.7. The Balaban J connectivity index is 1.36. The number of rotatable bonds is 4. The second-order valence-electron chi connectivity index (χ2n) is 11.2. The van der Waals surface area contributed by atoms with Crippen molar-refractivity contribution in [2.45, 2.75) is 52.2 Å². The Morgan fingerprint density at radius 1 is 0.975 bits per heavy atom.